The minimum absolute atomic E-state index is 0.157. The van der Waals surface area contributed by atoms with Crippen LogP contribution in [0.3, 0.4) is 0 Å². The van der Waals surface area contributed by atoms with Gasteiger partial charge in [0.05, 0.1) is 12.3 Å². The number of hydrogen-bond donors (Lipinski definition) is 1. The fourth-order valence-electron chi connectivity index (χ4n) is 3.01. The largest absolute Gasteiger partial charge is 0.359 e. The Hall–Kier alpha value is -2.19. The van der Waals surface area contributed by atoms with E-state index in [1.165, 1.54) is 16.6 Å². The molecule has 1 amide bonds. The van der Waals surface area contributed by atoms with Crippen molar-refractivity contribution in [2.45, 2.75) is 31.8 Å². The van der Waals surface area contributed by atoms with E-state index in [4.69, 9.17) is 4.52 Å². The molecular formula is C17H21N3O4S. The average Bonchev–Trinajstić information content (AvgIpc) is 3.10. The lowest BCUT2D eigenvalue weighted by molar-refractivity contribution is 0.0941. The summed E-state index contributed by atoms with van der Waals surface area (Å²) in [7, 11) is -3.34. The number of sulfonamides is 1. The lowest BCUT2D eigenvalue weighted by Crippen LogP contribution is -2.37. The second-order valence-corrected chi connectivity index (χ2v) is 8.10. The van der Waals surface area contributed by atoms with Crippen LogP contribution in [-0.2, 0) is 16.6 Å². The van der Waals surface area contributed by atoms with E-state index in [9.17, 15) is 13.2 Å². The summed E-state index contributed by atoms with van der Waals surface area (Å²) in [4.78, 5) is 12.2. The summed E-state index contributed by atoms with van der Waals surface area (Å²) in [6.45, 7) is 0.848. The summed E-state index contributed by atoms with van der Waals surface area (Å²) in [5.41, 5.74) is 1.14. The van der Waals surface area contributed by atoms with E-state index in [-0.39, 0.29) is 11.6 Å². The fraction of sp³-hybridized carbons (Fsp3) is 0.412. The monoisotopic (exact) mass is 363 g/mol. The van der Waals surface area contributed by atoms with Crippen molar-refractivity contribution in [1.29, 1.82) is 0 Å². The predicted molar refractivity (Wildman–Crippen MR) is 92.3 cm³/mol. The van der Waals surface area contributed by atoms with E-state index in [2.05, 4.69) is 10.5 Å². The van der Waals surface area contributed by atoms with Gasteiger partial charge in [0.2, 0.25) is 10.0 Å². The van der Waals surface area contributed by atoms with Crippen molar-refractivity contribution < 1.29 is 17.7 Å². The Bertz CT molecular complexity index is 833. The van der Waals surface area contributed by atoms with Crippen LogP contribution >= 0.6 is 0 Å². The molecule has 7 nitrogen and oxygen atoms in total. The Labute approximate surface area is 147 Å². The third-order valence-electron chi connectivity index (χ3n) is 4.27. The summed E-state index contributed by atoms with van der Waals surface area (Å²) < 4.78 is 30.6. The molecule has 1 atom stereocenters. The van der Waals surface area contributed by atoms with Crippen LogP contribution in [0.15, 0.2) is 40.9 Å². The highest BCUT2D eigenvalue weighted by atomic mass is 32.2. The second-order valence-electron chi connectivity index (χ2n) is 6.17. The SMILES string of the molecule is CS(=O)(=O)N1CCCCC1c1cc(C(=O)NCc2ccccc2)no1. The minimum atomic E-state index is -3.34. The number of carbonyl (C=O) groups is 1. The van der Waals surface area contributed by atoms with E-state index >= 15 is 0 Å². The number of amides is 1. The zero-order valence-electron chi connectivity index (χ0n) is 14.0. The van der Waals surface area contributed by atoms with Crippen molar-refractivity contribution in [3.63, 3.8) is 0 Å². The summed E-state index contributed by atoms with van der Waals surface area (Å²) >= 11 is 0. The van der Waals surface area contributed by atoms with Gasteiger partial charge < -0.3 is 9.84 Å². The van der Waals surface area contributed by atoms with E-state index < -0.39 is 16.1 Å². The van der Waals surface area contributed by atoms with Gasteiger partial charge in [0.1, 0.15) is 0 Å². The highest BCUT2D eigenvalue weighted by Crippen LogP contribution is 2.33. The lowest BCUT2D eigenvalue weighted by Gasteiger charge is -2.31. The summed E-state index contributed by atoms with van der Waals surface area (Å²) in [5.74, 6) is 0.0653. The molecule has 3 rings (SSSR count). The molecular weight excluding hydrogens is 342 g/mol. The van der Waals surface area contributed by atoms with Crippen LogP contribution in [0.25, 0.3) is 0 Å². The number of carbonyl (C=O) groups excluding carboxylic acids is 1. The van der Waals surface area contributed by atoms with Gasteiger partial charge in [-0.05, 0) is 18.4 Å². The highest BCUT2D eigenvalue weighted by molar-refractivity contribution is 7.88. The van der Waals surface area contributed by atoms with Crippen LogP contribution in [0.4, 0.5) is 0 Å². The Morgan fingerprint density at radius 1 is 1.32 bits per heavy atom. The molecule has 25 heavy (non-hydrogen) atoms. The predicted octanol–water partition coefficient (Wildman–Crippen LogP) is 2.09. The van der Waals surface area contributed by atoms with Crippen molar-refractivity contribution in [2.75, 3.05) is 12.8 Å². The molecule has 0 aliphatic carbocycles. The minimum Gasteiger partial charge on any atom is -0.359 e. The van der Waals surface area contributed by atoms with Gasteiger partial charge in [0, 0.05) is 19.2 Å². The Balaban J connectivity index is 1.69. The van der Waals surface area contributed by atoms with Gasteiger partial charge >= 0.3 is 0 Å². The van der Waals surface area contributed by atoms with Crippen molar-refractivity contribution in [1.82, 2.24) is 14.8 Å². The number of aromatic nitrogens is 1. The van der Waals surface area contributed by atoms with E-state index in [0.717, 1.165) is 18.4 Å². The number of benzene rings is 1. The van der Waals surface area contributed by atoms with Gasteiger partial charge in [0.25, 0.3) is 5.91 Å². The van der Waals surface area contributed by atoms with Gasteiger partial charge in [-0.1, -0.05) is 41.9 Å². The van der Waals surface area contributed by atoms with Crippen LogP contribution < -0.4 is 5.32 Å². The topological polar surface area (TPSA) is 92.5 Å². The maximum atomic E-state index is 12.2. The molecule has 1 aliphatic heterocycles. The third kappa shape index (κ3) is 4.26. The molecule has 1 N–H and O–H groups in total. The van der Waals surface area contributed by atoms with Crippen LogP contribution in [0.2, 0.25) is 0 Å². The lowest BCUT2D eigenvalue weighted by atomic mass is 10.0. The molecule has 1 unspecified atom stereocenters. The van der Waals surface area contributed by atoms with E-state index in [1.807, 2.05) is 30.3 Å². The summed E-state index contributed by atoms with van der Waals surface area (Å²) in [6.07, 6.45) is 3.58. The molecule has 0 radical (unpaired) electrons. The van der Waals surface area contributed by atoms with Crippen LogP contribution in [-0.4, -0.2) is 36.6 Å². The number of nitrogens with zero attached hydrogens (tertiary/aromatic N) is 2. The summed E-state index contributed by atoms with van der Waals surface area (Å²) in [6, 6.07) is 10.7. The van der Waals surface area contributed by atoms with Crippen molar-refractivity contribution in [3.8, 4) is 0 Å². The Morgan fingerprint density at radius 3 is 2.80 bits per heavy atom. The molecule has 1 aromatic carbocycles. The molecule has 1 aromatic heterocycles. The first-order valence-corrected chi connectivity index (χ1v) is 10.1. The van der Waals surface area contributed by atoms with Crippen LogP contribution in [0, 0.1) is 0 Å². The normalized spacial score (nSPS) is 18.8. The maximum Gasteiger partial charge on any atom is 0.273 e. The molecule has 8 heteroatoms. The maximum absolute atomic E-state index is 12.2. The number of nitrogens with one attached hydrogen (secondary N) is 1. The molecule has 2 aromatic rings. The highest BCUT2D eigenvalue weighted by Gasteiger charge is 2.33. The van der Waals surface area contributed by atoms with Gasteiger partial charge in [0.15, 0.2) is 11.5 Å². The number of piperidine rings is 1. The second kappa shape index (κ2) is 7.37. The molecule has 0 spiro atoms. The standard InChI is InChI=1S/C17H21N3O4S/c1-25(22,23)20-10-6-5-9-15(20)16-11-14(19-24-16)17(21)18-12-13-7-3-2-4-8-13/h2-4,7-8,11,15H,5-6,9-10,12H2,1H3,(H,18,21). The number of rotatable bonds is 5. The summed E-state index contributed by atoms with van der Waals surface area (Å²) in [5, 5.41) is 6.59. The molecule has 0 saturated carbocycles. The van der Waals surface area contributed by atoms with Gasteiger partial charge in [-0.15, -0.1) is 0 Å². The average molecular weight is 363 g/mol. The van der Waals surface area contributed by atoms with Crippen molar-refractivity contribution in [2.24, 2.45) is 0 Å². The Kier molecular flexibility index (Phi) is 5.19. The first kappa shape index (κ1) is 17.6. The fourth-order valence-corrected chi connectivity index (χ4v) is 4.14. The first-order chi connectivity index (χ1) is 11.9. The zero-order valence-corrected chi connectivity index (χ0v) is 14.8. The van der Waals surface area contributed by atoms with Crippen molar-refractivity contribution >= 4 is 15.9 Å². The van der Waals surface area contributed by atoms with Gasteiger partial charge in [-0.2, -0.15) is 4.31 Å². The van der Waals surface area contributed by atoms with E-state index in [0.29, 0.717) is 25.3 Å². The molecule has 134 valence electrons. The van der Waals surface area contributed by atoms with Gasteiger partial charge in [-0.25, -0.2) is 8.42 Å². The molecule has 1 aliphatic rings. The smallest absolute Gasteiger partial charge is 0.273 e. The first-order valence-electron chi connectivity index (χ1n) is 8.21. The molecule has 1 saturated heterocycles. The van der Waals surface area contributed by atoms with Crippen molar-refractivity contribution in [3.05, 3.63) is 53.4 Å². The molecule has 2 heterocycles. The third-order valence-corrected chi connectivity index (χ3v) is 5.55. The van der Waals surface area contributed by atoms with E-state index in [1.54, 1.807) is 0 Å². The quantitative estimate of drug-likeness (QED) is 0.878. The molecule has 0 bridgehead atoms. The Morgan fingerprint density at radius 2 is 2.08 bits per heavy atom. The number of hydrogen-bond acceptors (Lipinski definition) is 5. The van der Waals surface area contributed by atoms with Gasteiger partial charge in [-0.3, -0.25) is 4.79 Å². The van der Waals surface area contributed by atoms with Crippen LogP contribution in [0.5, 0.6) is 0 Å². The zero-order chi connectivity index (χ0) is 17.9. The molecule has 1 fully saturated rings. The van der Waals surface area contributed by atoms with Crippen LogP contribution in [0.1, 0.15) is 47.1 Å².